The van der Waals surface area contributed by atoms with Crippen LogP contribution in [0.15, 0.2) is 12.2 Å². The van der Waals surface area contributed by atoms with Crippen LogP contribution in [0.1, 0.15) is 25.7 Å². The zero-order valence-electron chi connectivity index (χ0n) is 7.54. The third kappa shape index (κ3) is 1.87. The summed E-state index contributed by atoms with van der Waals surface area (Å²) in [6.45, 7) is 3.23. The maximum atomic E-state index is 5.71. The molecule has 0 aromatic carbocycles. The maximum absolute atomic E-state index is 5.71. The first-order valence-corrected chi connectivity index (χ1v) is 4.97. The molecule has 0 bridgehead atoms. The van der Waals surface area contributed by atoms with Crippen molar-refractivity contribution in [2.75, 3.05) is 19.7 Å². The molecule has 12 heavy (non-hydrogen) atoms. The van der Waals surface area contributed by atoms with Crippen molar-refractivity contribution in [1.29, 1.82) is 0 Å². The van der Waals surface area contributed by atoms with Crippen LogP contribution in [0, 0.1) is 0 Å². The van der Waals surface area contributed by atoms with E-state index in [4.69, 9.17) is 4.74 Å². The standard InChI is InChI=1S/C10H17NO/c1-3-7-11(8-4-1)10-6-2-5-9-12-10/h1,3,10H,2,4-9H2. The highest BCUT2D eigenvalue weighted by Crippen LogP contribution is 2.18. The number of hydrogen-bond donors (Lipinski definition) is 0. The van der Waals surface area contributed by atoms with Gasteiger partial charge in [0.2, 0.25) is 0 Å². The summed E-state index contributed by atoms with van der Waals surface area (Å²) in [5.41, 5.74) is 0. The molecule has 2 heteroatoms. The highest BCUT2D eigenvalue weighted by molar-refractivity contribution is 4.91. The molecule has 1 atom stereocenters. The van der Waals surface area contributed by atoms with Crippen molar-refractivity contribution in [3.63, 3.8) is 0 Å². The van der Waals surface area contributed by atoms with E-state index in [2.05, 4.69) is 17.1 Å². The summed E-state index contributed by atoms with van der Waals surface area (Å²) in [5, 5.41) is 0. The quantitative estimate of drug-likeness (QED) is 0.552. The van der Waals surface area contributed by atoms with Gasteiger partial charge in [-0.05, 0) is 25.7 Å². The van der Waals surface area contributed by atoms with Crippen molar-refractivity contribution < 1.29 is 4.74 Å². The van der Waals surface area contributed by atoms with Crippen LogP contribution < -0.4 is 0 Å². The molecule has 68 valence electrons. The van der Waals surface area contributed by atoms with Gasteiger partial charge in [0.05, 0.1) is 0 Å². The minimum absolute atomic E-state index is 0.420. The second-order valence-electron chi connectivity index (χ2n) is 3.58. The van der Waals surface area contributed by atoms with Gasteiger partial charge in [-0.25, -0.2) is 0 Å². The van der Waals surface area contributed by atoms with E-state index >= 15 is 0 Å². The Hall–Kier alpha value is -0.340. The predicted molar refractivity (Wildman–Crippen MR) is 48.9 cm³/mol. The number of rotatable bonds is 1. The van der Waals surface area contributed by atoms with Gasteiger partial charge in [-0.3, -0.25) is 4.90 Å². The first-order valence-electron chi connectivity index (χ1n) is 4.97. The zero-order valence-corrected chi connectivity index (χ0v) is 7.54. The fourth-order valence-electron chi connectivity index (χ4n) is 1.93. The smallest absolute Gasteiger partial charge is 0.110 e. The summed E-state index contributed by atoms with van der Waals surface area (Å²) < 4.78 is 5.71. The van der Waals surface area contributed by atoms with Gasteiger partial charge in [0.1, 0.15) is 6.23 Å². The van der Waals surface area contributed by atoms with Crippen molar-refractivity contribution in [2.24, 2.45) is 0 Å². The van der Waals surface area contributed by atoms with Crippen molar-refractivity contribution in [3.8, 4) is 0 Å². The molecule has 0 aromatic rings. The largest absolute Gasteiger partial charge is 0.363 e. The second-order valence-corrected chi connectivity index (χ2v) is 3.58. The fraction of sp³-hybridized carbons (Fsp3) is 0.800. The van der Waals surface area contributed by atoms with E-state index in [1.807, 2.05) is 0 Å². The molecule has 0 N–H and O–H groups in total. The van der Waals surface area contributed by atoms with Crippen molar-refractivity contribution in [3.05, 3.63) is 12.2 Å². The van der Waals surface area contributed by atoms with Crippen LogP contribution in [0.25, 0.3) is 0 Å². The normalized spacial score (nSPS) is 32.2. The molecule has 0 amide bonds. The van der Waals surface area contributed by atoms with Gasteiger partial charge < -0.3 is 4.74 Å². The van der Waals surface area contributed by atoms with Crippen LogP contribution in [-0.4, -0.2) is 30.8 Å². The molecule has 0 aromatic heterocycles. The van der Waals surface area contributed by atoms with Crippen molar-refractivity contribution >= 4 is 0 Å². The van der Waals surface area contributed by atoms with Crippen LogP contribution in [0.5, 0.6) is 0 Å². The Morgan fingerprint density at radius 3 is 2.92 bits per heavy atom. The SMILES string of the molecule is C1=CCN(C2CCCCO2)CC1. The molecule has 2 nitrogen and oxygen atoms in total. The summed E-state index contributed by atoms with van der Waals surface area (Å²) in [4.78, 5) is 2.44. The average molecular weight is 167 g/mol. The molecule has 1 fully saturated rings. The van der Waals surface area contributed by atoms with Gasteiger partial charge >= 0.3 is 0 Å². The monoisotopic (exact) mass is 167 g/mol. The van der Waals surface area contributed by atoms with Gasteiger partial charge in [-0.2, -0.15) is 0 Å². The van der Waals surface area contributed by atoms with Gasteiger partial charge in [-0.15, -0.1) is 0 Å². The van der Waals surface area contributed by atoms with Gasteiger partial charge in [0.15, 0.2) is 0 Å². The van der Waals surface area contributed by atoms with Crippen LogP contribution in [0.4, 0.5) is 0 Å². The summed E-state index contributed by atoms with van der Waals surface area (Å²) in [6.07, 6.45) is 9.95. The van der Waals surface area contributed by atoms with Crippen LogP contribution in [-0.2, 0) is 4.74 Å². The lowest BCUT2D eigenvalue weighted by molar-refractivity contribution is -0.0819. The lowest BCUT2D eigenvalue weighted by Gasteiger charge is -2.34. The third-order valence-electron chi connectivity index (χ3n) is 2.65. The molecule has 2 aliphatic rings. The summed E-state index contributed by atoms with van der Waals surface area (Å²) >= 11 is 0. The Kier molecular flexibility index (Phi) is 2.79. The van der Waals surface area contributed by atoms with Gasteiger partial charge in [0.25, 0.3) is 0 Å². The van der Waals surface area contributed by atoms with Crippen LogP contribution in [0.2, 0.25) is 0 Å². The molecule has 2 heterocycles. The molecule has 2 aliphatic heterocycles. The molecule has 0 radical (unpaired) electrons. The van der Waals surface area contributed by atoms with E-state index in [1.165, 1.54) is 32.2 Å². The molecule has 1 unspecified atom stereocenters. The number of ether oxygens (including phenoxy) is 1. The summed E-state index contributed by atoms with van der Waals surface area (Å²) in [7, 11) is 0. The lowest BCUT2D eigenvalue weighted by atomic mass is 10.1. The van der Waals surface area contributed by atoms with E-state index in [0.717, 1.165) is 13.2 Å². The van der Waals surface area contributed by atoms with Crippen LogP contribution in [0.3, 0.4) is 0 Å². The molecule has 1 saturated heterocycles. The number of hydrogen-bond acceptors (Lipinski definition) is 2. The Bertz CT molecular complexity index is 161. The Balaban J connectivity index is 1.85. The lowest BCUT2D eigenvalue weighted by Crippen LogP contribution is -2.41. The van der Waals surface area contributed by atoms with E-state index < -0.39 is 0 Å². The maximum Gasteiger partial charge on any atom is 0.110 e. The summed E-state index contributed by atoms with van der Waals surface area (Å²) in [6, 6.07) is 0. The van der Waals surface area contributed by atoms with Crippen molar-refractivity contribution in [1.82, 2.24) is 4.90 Å². The molecule has 0 aliphatic carbocycles. The third-order valence-corrected chi connectivity index (χ3v) is 2.65. The second kappa shape index (κ2) is 4.06. The van der Waals surface area contributed by atoms with Gasteiger partial charge in [0, 0.05) is 19.7 Å². The Morgan fingerprint density at radius 1 is 1.25 bits per heavy atom. The highest BCUT2D eigenvalue weighted by atomic mass is 16.5. The average Bonchev–Trinajstić information content (AvgIpc) is 2.21. The fourth-order valence-corrected chi connectivity index (χ4v) is 1.93. The summed E-state index contributed by atoms with van der Waals surface area (Å²) in [5.74, 6) is 0. The Morgan fingerprint density at radius 2 is 2.25 bits per heavy atom. The first kappa shape index (κ1) is 8.27. The molecule has 2 rings (SSSR count). The van der Waals surface area contributed by atoms with Crippen molar-refractivity contribution in [2.45, 2.75) is 31.9 Å². The minimum atomic E-state index is 0.420. The minimum Gasteiger partial charge on any atom is -0.363 e. The topological polar surface area (TPSA) is 12.5 Å². The molecule has 0 saturated carbocycles. The predicted octanol–water partition coefficient (Wildman–Crippen LogP) is 1.77. The molecular formula is C10H17NO. The number of nitrogens with zero attached hydrogens (tertiary/aromatic N) is 1. The first-order chi connectivity index (χ1) is 5.97. The molecular weight excluding hydrogens is 150 g/mol. The van der Waals surface area contributed by atoms with E-state index in [1.54, 1.807) is 0 Å². The van der Waals surface area contributed by atoms with E-state index in [-0.39, 0.29) is 0 Å². The van der Waals surface area contributed by atoms with Gasteiger partial charge in [-0.1, -0.05) is 12.2 Å². The molecule has 0 spiro atoms. The zero-order chi connectivity index (χ0) is 8.23. The highest BCUT2D eigenvalue weighted by Gasteiger charge is 2.21. The Labute approximate surface area is 74.2 Å². The van der Waals surface area contributed by atoms with E-state index in [9.17, 15) is 0 Å². The van der Waals surface area contributed by atoms with E-state index in [0.29, 0.717) is 6.23 Å². The van der Waals surface area contributed by atoms with Crippen LogP contribution >= 0.6 is 0 Å².